The maximum Gasteiger partial charge on any atom is 0.00696 e. The van der Waals surface area contributed by atoms with Gasteiger partial charge in [0, 0.05) is 12.1 Å². The summed E-state index contributed by atoms with van der Waals surface area (Å²) in [5.41, 5.74) is 0. The zero-order valence-electron chi connectivity index (χ0n) is 14.3. The van der Waals surface area contributed by atoms with Crippen LogP contribution in [0.2, 0.25) is 0 Å². The molecule has 1 unspecified atom stereocenters. The lowest BCUT2D eigenvalue weighted by atomic mass is 9.93. The van der Waals surface area contributed by atoms with Gasteiger partial charge in [-0.15, -0.1) is 0 Å². The van der Waals surface area contributed by atoms with Crippen LogP contribution in [-0.2, 0) is 0 Å². The Morgan fingerprint density at radius 2 is 1.21 bits per heavy atom. The van der Waals surface area contributed by atoms with E-state index >= 15 is 0 Å². The smallest absolute Gasteiger partial charge is 0.00696 e. The molecule has 1 heteroatoms. The minimum absolute atomic E-state index is 0.684. The third kappa shape index (κ3) is 9.49. The standard InChI is InChI=1S/C18H39N/c1-6-10-12-14-18(15-13-11-7-2)19-16(5)17(8-3)9-4/h16-19H,6-15H2,1-5H3. The van der Waals surface area contributed by atoms with Crippen LogP contribution in [0, 0.1) is 5.92 Å². The molecule has 0 aromatic rings. The summed E-state index contributed by atoms with van der Waals surface area (Å²) in [6.45, 7) is 11.6. The number of rotatable bonds is 13. The summed E-state index contributed by atoms with van der Waals surface area (Å²) in [5.74, 6) is 0.847. The van der Waals surface area contributed by atoms with Gasteiger partial charge in [0.15, 0.2) is 0 Å². The summed E-state index contributed by atoms with van der Waals surface area (Å²) in [6.07, 6.45) is 13.6. The Labute approximate surface area is 122 Å². The van der Waals surface area contributed by atoms with E-state index in [1.54, 1.807) is 0 Å². The van der Waals surface area contributed by atoms with Crippen LogP contribution in [0.5, 0.6) is 0 Å². The molecule has 0 spiro atoms. The van der Waals surface area contributed by atoms with Crippen molar-refractivity contribution >= 4 is 0 Å². The van der Waals surface area contributed by atoms with E-state index in [0.29, 0.717) is 6.04 Å². The zero-order valence-corrected chi connectivity index (χ0v) is 14.3. The highest BCUT2D eigenvalue weighted by molar-refractivity contribution is 4.76. The second kappa shape index (κ2) is 13.0. The van der Waals surface area contributed by atoms with Crippen molar-refractivity contribution in [2.75, 3.05) is 0 Å². The van der Waals surface area contributed by atoms with Crippen molar-refractivity contribution in [1.29, 1.82) is 0 Å². The molecule has 0 aliphatic carbocycles. The van der Waals surface area contributed by atoms with E-state index in [2.05, 4.69) is 39.9 Å². The quantitative estimate of drug-likeness (QED) is 0.409. The third-order valence-corrected chi connectivity index (χ3v) is 4.57. The predicted octanol–water partition coefficient (Wildman–Crippen LogP) is 5.93. The molecule has 0 aromatic carbocycles. The first kappa shape index (κ1) is 19.0. The molecule has 0 aliphatic rings. The van der Waals surface area contributed by atoms with E-state index in [9.17, 15) is 0 Å². The first-order valence-corrected chi connectivity index (χ1v) is 8.95. The van der Waals surface area contributed by atoms with Crippen LogP contribution in [-0.4, -0.2) is 12.1 Å². The fourth-order valence-corrected chi connectivity index (χ4v) is 3.10. The average Bonchev–Trinajstić information content (AvgIpc) is 2.40. The van der Waals surface area contributed by atoms with Gasteiger partial charge in [-0.2, -0.15) is 0 Å². The highest BCUT2D eigenvalue weighted by Gasteiger charge is 2.17. The Balaban J connectivity index is 4.13. The Bertz CT molecular complexity index is 165. The van der Waals surface area contributed by atoms with Gasteiger partial charge < -0.3 is 5.32 Å². The summed E-state index contributed by atoms with van der Waals surface area (Å²) in [5, 5.41) is 3.94. The van der Waals surface area contributed by atoms with Crippen LogP contribution >= 0.6 is 0 Å². The van der Waals surface area contributed by atoms with Gasteiger partial charge >= 0.3 is 0 Å². The highest BCUT2D eigenvalue weighted by atomic mass is 14.9. The third-order valence-electron chi connectivity index (χ3n) is 4.57. The molecule has 0 saturated carbocycles. The molecule has 0 amide bonds. The van der Waals surface area contributed by atoms with Crippen molar-refractivity contribution in [1.82, 2.24) is 5.32 Å². The van der Waals surface area contributed by atoms with Gasteiger partial charge in [0.05, 0.1) is 0 Å². The SMILES string of the molecule is CCCCCC(CCCCC)NC(C)C(CC)CC. The number of nitrogens with one attached hydrogen (secondary N) is 1. The lowest BCUT2D eigenvalue weighted by Gasteiger charge is -2.28. The summed E-state index contributed by atoms with van der Waals surface area (Å²) >= 11 is 0. The van der Waals surface area contributed by atoms with Crippen LogP contribution in [0.1, 0.15) is 98.8 Å². The molecule has 0 aromatic heterocycles. The van der Waals surface area contributed by atoms with Crippen LogP contribution in [0.25, 0.3) is 0 Å². The summed E-state index contributed by atoms with van der Waals surface area (Å²) < 4.78 is 0. The van der Waals surface area contributed by atoms with Gasteiger partial charge in [-0.1, -0.05) is 79.1 Å². The Morgan fingerprint density at radius 3 is 1.58 bits per heavy atom. The van der Waals surface area contributed by atoms with E-state index in [-0.39, 0.29) is 0 Å². The summed E-state index contributed by atoms with van der Waals surface area (Å²) in [7, 11) is 0. The van der Waals surface area contributed by atoms with E-state index < -0.39 is 0 Å². The topological polar surface area (TPSA) is 12.0 Å². The van der Waals surface area contributed by atoms with Crippen molar-refractivity contribution in [2.45, 2.75) is 111 Å². The van der Waals surface area contributed by atoms with Gasteiger partial charge in [-0.25, -0.2) is 0 Å². The maximum absolute atomic E-state index is 3.94. The van der Waals surface area contributed by atoms with E-state index in [1.807, 2.05) is 0 Å². The van der Waals surface area contributed by atoms with Crippen LogP contribution in [0.4, 0.5) is 0 Å². The Kier molecular flexibility index (Phi) is 12.9. The maximum atomic E-state index is 3.94. The molecular weight excluding hydrogens is 230 g/mol. The Morgan fingerprint density at radius 1 is 0.737 bits per heavy atom. The molecule has 19 heavy (non-hydrogen) atoms. The summed E-state index contributed by atoms with van der Waals surface area (Å²) in [4.78, 5) is 0. The first-order valence-electron chi connectivity index (χ1n) is 8.95. The normalized spacial score (nSPS) is 13.4. The molecular formula is C18H39N. The van der Waals surface area contributed by atoms with E-state index in [0.717, 1.165) is 12.0 Å². The number of unbranched alkanes of at least 4 members (excludes halogenated alkanes) is 4. The lowest BCUT2D eigenvalue weighted by Crippen LogP contribution is -2.40. The molecule has 0 fully saturated rings. The molecule has 0 bridgehead atoms. The molecule has 0 aliphatic heterocycles. The molecule has 0 heterocycles. The molecule has 116 valence electrons. The van der Waals surface area contributed by atoms with Crippen molar-refractivity contribution in [3.05, 3.63) is 0 Å². The largest absolute Gasteiger partial charge is 0.311 e. The fraction of sp³-hybridized carbons (Fsp3) is 1.00. The van der Waals surface area contributed by atoms with Gasteiger partial charge in [0.25, 0.3) is 0 Å². The molecule has 1 N–H and O–H groups in total. The zero-order chi connectivity index (χ0) is 14.5. The second-order valence-electron chi connectivity index (χ2n) is 6.22. The lowest BCUT2D eigenvalue weighted by molar-refractivity contribution is 0.297. The molecule has 1 nitrogen and oxygen atoms in total. The van der Waals surface area contributed by atoms with Crippen molar-refractivity contribution < 1.29 is 0 Å². The van der Waals surface area contributed by atoms with Gasteiger partial charge in [-0.3, -0.25) is 0 Å². The minimum Gasteiger partial charge on any atom is -0.311 e. The summed E-state index contributed by atoms with van der Waals surface area (Å²) in [6, 6.07) is 1.44. The molecule has 1 atom stereocenters. The van der Waals surface area contributed by atoms with Crippen LogP contribution in [0.15, 0.2) is 0 Å². The van der Waals surface area contributed by atoms with Gasteiger partial charge in [-0.05, 0) is 25.7 Å². The first-order chi connectivity index (χ1) is 9.19. The van der Waals surface area contributed by atoms with Crippen molar-refractivity contribution in [3.8, 4) is 0 Å². The van der Waals surface area contributed by atoms with Crippen molar-refractivity contribution in [3.63, 3.8) is 0 Å². The fourth-order valence-electron chi connectivity index (χ4n) is 3.10. The molecule has 0 saturated heterocycles. The minimum atomic E-state index is 0.684. The van der Waals surface area contributed by atoms with Crippen molar-refractivity contribution in [2.24, 2.45) is 5.92 Å². The highest BCUT2D eigenvalue weighted by Crippen LogP contribution is 2.17. The van der Waals surface area contributed by atoms with E-state index in [4.69, 9.17) is 0 Å². The second-order valence-corrected chi connectivity index (χ2v) is 6.22. The molecule has 0 rings (SSSR count). The monoisotopic (exact) mass is 269 g/mol. The van der Waals surface area contributed by atoms with Crippen LogP contribution < -0.4 is 5.32 Å². The predicted molar refractivity (Wildman–Crippen MR) is 88.7 cm³/mol. The van der Waals surface area contributed by atoms with E-state index in [1.165, 1.54) is 64.2 Å². The van der Waals surface area contributed by atoms with Gasteiger partial charge in [0.1, 0.15) is 0 Å². The number of hydrogen-bond acceptors (Lipinski definition) is 1. The Hall–Kier alpha value is -0.0400. The van der Waals surface area contributed by atoms with Crippen LogP contribution in [0.3, 0.4) is 0 Å². The molecule has 0 radical (unpaired) electrons. The van der Waals surface area contributed by atoms with Gasteiger partial charge in [0.2, 0.25) is 0 Å². The average molecular weight is 270 g/mol. The number of hydrogen-bond donors (Lipinski definition) is 1.